The minimum Gasteiger partial charge on any atom is -0.497 e. The summed E-state index contributed by atoms with van der Waals surface area (Å²) >= 11 is 1.63. The summed E-state index contributed by atoms with van der Waals surface area (Å²) in [5.41, 5.74) is 6.41. The molecule has 16 heavy (non-hydrogen) atoms. The van der Waals surface area contributed by atoms with Crippen LogP contribution in [0, 0.1) is 0 Å². The van der Waals surface area contributed by atoms with Crippen LogP contribution in [0.15, 0.2) is 12.1 Å². The van der Waals surface area contributed by atoms with Crippen LogP contribution < -0.4 is 15.2 Å². The molecule has 0 saturated carbocycles. The third kappa shape index (κ3) is 1.96. The largest absolute Gasteiger partial charge is 0.497 e. The van der Waals surface area contributed by atoms with Crippen molar-refractivity contribution < 1.29 is 9.47 Å². The van der Waals surface area contributed by atoms with Crippen molar-refractivity contribution in [2.45, 2.75) is 6.42 Å². The molecule has 0 unspecified atom stereocenters. The lowest BCUT2D eigenvalue weighted by Gasteiger charge is -2.03. The van der Waals surface area contributed by atoms with Gasteiger partial charge in [-0.2, -0.15) is 0 Å². The molecule has 2 rings (SSSR count). The van der Waals surface area contributed by atoms with Gasteiger partial charge in [-0.15, -0.1) is 11.3 Å². The second kappa shape index (κ2) is 4.67. The number of hydrogen-bond acceptors (Lipinski definition) is 5. The molecular weight excluding hydrogens is 224 g/mol. The average Bonchev–Trinajstić information content (AvgIpc) is 2.70. The number of nitrogens with two attached hydrogens (primary N) is 1. The number of benzene rings is 1. The molecule has 0 aliphatic carbocycles. The van der Waals surface area contributed by atoms with Crippen LogP contribution in [0.4, 0.5) is 0 Å². The van der Waals surface area contributed by atoms with E-state index < -0.39 is 0 Å². The van der Waals surface area contributed by atoms with E-state index in [-0.39, 0.29) is 0 Å². The minimum absolute atomic E-state index is 0.610. The number of aromatic nitrogens is 1. The first-order chi connectivity index (χ1) is 7.78. The molecule has 1 heterocycles. The second-order valence-corrected chi connectivity index (χ2v) is 4.44. The standard InChI is InChI=1S/C11H14N2O2S/c1-14-7-5-8(15-2)11-9(6-7)16-10(13-11)3-4-12/h5-6H,3-4,12H2,1-2H3. The molecule has 0 amide bonds. The topological polar surface area (TPSA) is 57.4 Å². The van der Waals surface area contributed by atoms with Crippen LogP contribution in [-0.2, 0) is 6.42 Å². The molecule has 0 bridgehead atoms. The van der Waals surface area contributed by atoms with Crippen molar-refractivity contribution in [2.75, 3.05) is 20.8 Å². The Morgan fingerprint density at radius 1 is 1.31 bits per heavy atom. The number of nitrogens with zero attached hydrogens (tertiary/aromatic N) is 1. The Bertz CT molecular complexity index is 496. The lowest BCUT2D eigenvalue weighted by Crippen LogP contribution is -2.01. The molecule has 1 aromatic carbocycles. The van der Waals surface area contributed by atoms with Gasteiger partial charge in [0.25, 0.3) is 0 Å². The molecule has 5 heteroatoms. The van der Waals surface area contributed by atoms with E-state index in [0.717, 1.165) is 33.1 Å². The highest BCUT2D eigenvalue weighted by Crippen LogP contribution is 2.34. The van der Waals surface area contributed by atoms with Crippen molar-refractivity contribution in [2.24, 2.45) is 5.73 Å². The lowest BCUT2D eigenvalue weighted by molar-refractivity contribution is 0.397. The minimum atomic E-state index is 0.610. The van der Waals surface area contributed by atoms with Gasteiger partial charge in [-0.1, -0.05) is 0 Å². The molecule has 0 saturated heterocycles. The van der Waals surface area contributed by atoms with Crippen molar-refractivity contribution in [3.05, 3.63) is 17.1 Å². The molecule has 0 atom stereocenters. The van der Waals surface area contributed by atoms with Crippen molar-refractivity contribution in [1.82, 2.24) is 4.98 Å². The highest BCUT2D eigenvalue weighted by atomic mass is 32.1. The smallest absolute Gasteiger partial charge is 0.149 e. The van der Waals surface area contributed by atoms with Gasteiger partial charge in [-0.25, -0.2) is 4.98 Å². The summed E-state index contributed by atoms with van der Waals surface area (Å²) in [4.78, 5) is 4.51. The van der Waals surface area contributed by atoms with E-state index in [4.69, 9.17) is 15.2 Å². The van der Waals surface area contributed by atoms with Crippen molar-refractivity contribution in [3.8, 4) is 11.5 Å². The number of rotatable bonds is 4. The molecule has 0 aliphatic rings. The normalized spacial score (nSPS) is 10.7. The second-order valence-electron chi connectivity index (χ2n) is 3.32. The molecule has 4 nitrogen and oxygen atoms in total. The zero-order valence-corrected chi connectivity index (χ0v) is 10.1. The van der Waals surface area contributed by atoms with Crippen LogP contribution in [0.1, 0.15) is 5.01 Å². The number of hydrogen-bond donors (Lipinski definition) is 1. The van der Waals surface area contributed by atoms with Gasteiger partial charge >= 0.3 is 0 Å². The van der Waals surface area contributed by atoms with E-state index in [1.807, 2.05) is 12.1 Å². The Hall–Kier alpha value is -1.33. The van der Waals surface area contributed by atoms with Gasteiger partial charge in [0.1, 0.15) is 17.0 Å². The highest BCUT2D eigenvalue weighted by Gasteiger charge is 2.10. The monoisotopic (exact) mass is 238 g/mol. The maximum absolute atomic E-state index is 5.52. The molecule has 0 fully saturated rings. The summed E-state index contributed by atoms with van der Waals surface area (Å²) in [6, 6.07) is 3.81. The van der Waals surface area contributed by atoms with E-state index in [0.29, 0.717) is 6.54 Å². The van der Waals surface area contributed by atoms with Crippen molar-refractivity contribution >= 4 is 21.6 Å². The molecule has 86 valence electrons. The Morgan fingerprint density at radius 2 is 2.12 bits per heavy atom. The summed E-state index contributed by atoms with van der Waals surface area (Å²) < 4.78 is 11.6. The third-order valence-corrected chi connectivity index (χ3v) is 3.35. The third-order valence-electron chi connectivity index (χ3n) is 2.29. The first-order valence-electron chi connectivity index (χ1n) is 5.00. The fourth-order valence-electron chi connectivity index (χ4n) is 1.52. The van der Waals surface area contributed by atoms with Crippen LogP contribution in [0.2, 0.25) is 0 Å². The Labute approximate surface area is 98.0 Å². The Kier molecular flexibility index (Phi) is 3.26. The summed E-state index contributed by atoms with van der Waals surface area (Å²) in [5.74, 6) is 1.53. The van der Waals surface area contributed by atoms with Crippen molar-refractivity contribution in [3.63, 3.8) is 0 Å². The summed E-state index contributed by atoms with van der Waals surface area (Å²) in [7, 11) is 3.28. The van der Waals surface area contributed by atoms with Gasteiger partial charge in [0.2, 0.25) is 0 Å². The molecule has 2 N–H and O–H groups in total. The predicted molar refractivity (Wildman–Crippen MR) is 65.5 cm³/mol. The number of ether oxygens (including phenoxy) is 2. The number of thiazole rings is 1. The van der Waals surface area contributed by atoms with Crippen LogP contribution >= 0.6 is 11.3 Å². The Morgan fingerprint density at radius 3 is 2.75 bits per heavy atom. The van der Waals surface area contributed by atoms with Gasteiger partial charge in [0.15, 0.2) is 0 Å². The van der Waals surface area contributed by atoms with E-state index in [1.165, 1.54) is 0 Å². The highest BCUT2D eigenvalue weighted by molar-refractivity contribution is 7.18. The van der Waals surface area contributed by atoms with E-state index in [9.17, 15) is 0 Å². The SMILES string of the molecule is COc1cc(OC)c2nc(CCN)sc2c1. The van der Waals surface area contributed by atoms with Crippen LogP contribution in [-0.4, -0.2) is 25.7 Å². The lowest BCUT2D eigenvalue weighted by atomic mass is 10.3. The van der Waals surface area contributed by atoms with Gasteiger partial charge in [-0.05, 0) is 12.6 Å². The Balaban J connectivity index is 2.55. The zero-order chi connectivity index (χ0) is 11.5. The van der Waals surface area contributed by atoms with Gasteiger partial charge < -0.3 is 15.2 Å². The zero-order valence-electron chi connectivity index (χ0n) is 9.32. The molecular formula is C11H14N2O2S. The summed E-state index contributed by atoms with van der Waals surface area (Å²) in [5, 5.41) is 1.03. The van der Waals surface area contributed by atoms with Crippen LogP contribution in [0.5, 0.6) is 11.5 Å². The maximum atomic E-state index is 5.52. The van der Waals surface area contributed by atoms with Gasteiger partial charge in [0, 0.05) is 12.5 Å². The van der Waals surface area contributed by atoms with E-state index >= 15 is 0 Å². The van der Waals surface area contributed by atoms with Gasteiger partial charge in [0.05, 0.1) is 23.9 Å². The predicted octanol–water partition coefficient (Wildman–Crippen LogP) is 1.81. The molecule has 0 aliphatic heterocycles. The van der Waals surface area contributed by atoms with Crippen molar-refractivity contribution in [1.29, 1.82) is 0 Å². The molecule has 1 aromatic heterocycles. The van der Waals surface area contributed by atoms with E-state index in [2.05, 4.69) is 4.98 Å². The number of fused-ring (bicyclic) bond motifs is 1. The summed E-state index contributed by atoms with van der Waals surface area (Å²) in [6.45, 7) is 0.610. The van der Waals surface area contributed by atoms with Crippen LogP contribution in [0.25, 0.3) is 10.2 Å². The number of methoxy groups -OCH3 is 2. The summed E-state index contributed by atoms with van der Waals surface area (Å²) in [6.07, 6.45) is 0.796. The average molecular weight is 238 g/mol. The molecule has 0 radical (unpaired) electrons. The first-order valence-corrected chi connectivity index (χ1v) is 5.81. The quantitative estimate of drug-likeness (QED) is 0.882. The van der Waals surface area contributed by atoms with E-state index in [1.54, 1.807) is 25.6 Å². The van der Waals surface area contributed by atoms with Gasteiger partial charge in [-0.3, -0.25) is 0 Å². The fraction of sp³-hybridized carbons (Fsp3) is 0.364. The van der Waals surface area contributed by atoms with Crippen LogP contribution in [0.3, 0.4) is 0 Å². The maximum Gasteiger partial charge on any atom is 0.149 e. The fourth-order valence-corrected chi connectivity index (χ4v) is 2.55. The molecule has 0 spiro atoms. The molecule has 2 aromatic rings. The first kappa shape index (κ1) is 11.2.